The van der Waals surface area contributed by atoms with Crippen LogP contribution in [0.1, 0.15) is 39.0 Å². The number of hydrogen-bond acceptors (Lipinski definition) is 5. The Bertz CT molecular complexity index is 738. The summed E-state index contributed by atoms with van der Waals surface area (Å²) in [5.41, 5.74) is 0. The Hall–Kier alpha value is -1.64. The van der Waals surface area contributed by atoms with E-state index in [-0.39, 0.29) is 10.8 Å². The van der Waals surface area contributed by atoms with Gasteiger partial charge in [0.2, 0.25) is 10.0 Å². The van der Waals surface area contributed by atoms with E-state index in [9.17, 15) is 13.2 Å². The number of morpholine rings is 1. The lowest BCUT2D eigenvalue weighted by molar-refractivity contribution is -0.127. The van der Waals surface area contributed by atoms with Gasteiger partial charge in [-0.2, -0.15) is 4.31 Å². The van der Waals surface area contributed by atoms with Crippen molar-refractivity contribution in [3.05, 3.63) is 24.3 Å². The zero-order chi connectivity index (χ0) is 20.0. The molecule has 1 atom stereocenters. The Labute approximate surface area is 167 Å². The van der Waals surface area contributed by atoms with Crippen LogP contribution in [0.2, 0.25) is 0 Å². The highest BCUT2D eigenvalue weighted by molar-refractivity contribution is 7.89. The van der Waals surface area contributed by atoms with E-state index in [4.69, 9.17) is 9.47 Å². The van der Waals surface area contributed by atoms with Crippen molar-refractivity contribution in [1.29, 1.82) is 0 Å². The molecule has 1 saturated heterocycles. The summed E-state index contributed by atoms with van der Waals surface area (Å²) < 4.78 is 37.6. The summed E-state index contributed by atoms with van der Waals surface area (Å²) in [6, 6.07) is 6.23. The minimum atomic E-state index is -3.53. The Balaban J connectivity index is 1.52. The zero-order valence-corrected chi connectivity index (χ0v) is 17.2. The van der Waals surface area contributed by atoms with Crippen LogP contribution >= 0.6 is 0 Å². The van der Waals surface area contributed by atoms with Gasteiger partial charge in [-0.25, -0.2) is 8.42 Å². The summed E-state index contributed by atoms with van der Waals surface area (Å²) in [4.78, 5) is 12.5. The zero-order valence-electron chi connectivity index (χ0n) is 16.4. The van der Waals surface area contributed by atoms with Crippen LogP contribution in [-0.4, -0.2) is 57.6 Å². The van der Waals surface area contributed by atoms with Crippen molar-refractivity contribution >= 4 is 15.9 Å². The van der Waals surface area contributed by atoms with Crippen LogP contribution in [0.5, 0.6) is 5.75 Å². The largest absolute Gasteiger partial charge is 0.481 e. The predicted octanol–water partition coefficient (Wildman–Crippen LogP) is 2.17. The third kappa shape index (κ3) is 5.46. The standard InChI is InChI=1S/C20H30N2O5S/c1-16(20(23)21-15-17-5-3-2-4-6-17)27-18-7-9-19(10-8-18)28(24,25)22-11-13-26-14-12-22/h7-10,16-17H,2-6,11-15H2,1H3,(H,21,23). The molecule has 1 aliphatic heterocycles. The molecule has 1 amide bonds. The number of hydrogen-bond donors (Lipinski definition) is 1. The molecule has 2 aliphatic rings. The number of nitrogens with one attached hydrogen (secondary N) is 1. The average Bonchev–Trinajstić information content (AvgIpc) is 2.73. The lowest BCUT2D eigenvalue weighted by atomic mass is 9.89. The van der Waals surface area contributed by atoms with Crippen molar-refractivity contribution in [2.24, 2.45) is 5.92 Å². The van der Waals surface area contributed by atoms with Crippen molar-refractivity contribution in [1.82, 2.24) is 9.62 Å². The number of nitrogens with zero attached hydrogens (tertiary/aromatic N) is 1. The highest BCUT2D eigenvalue weighted by Gasteiger charge is 2.26. The molecule has 3 rings (SSSR count). The van der Waals surface area contributed by atoms with Crippen LogP contribution in [0, 0.1) is 5.92 Å². The Morgan fingerprint density at radius 3 is 2.46 bits per heavy atom. The van der Waals surface area contributed by atoms with E-state index in [1.807, 2.05) is 0 Å². The van der Waals surface area contributed by atoms with Gasteiger partial charge < -0.3 is 14.8 Å². The molecule has 156 valence electrons. The first-order valence-corrected chi connectivity index (χ1v) is 11.5. The molecule has 1 N–H and O–H groups in total. The first kappa shape index (κ1) is 21.1. The molecule has 0 aromatic heterocycles. The summed E-state index contributed by atoms with van der Waals surface area (Å²) in [5.74, 6) is 0.895. The molecule has 1 unspecified atom stereocenters. The average molecular weight is 411 g/mol. The molecular formula is C20H30N2O5S. The molecule has 1 saturated carbocycles. The maximum atomic E-state index is 12.6. The molecule has 7 nitrogen and oxygen atoms in total. The lowest BCUT2D eigenvalue weighted by Crippen LogP contribution is -2.40. The number of rotatable bonds is 7. The van der Waals surface area contributed by atoms with E-state index in [1.165, 1.54) is 48.5 Å². The van der Waals surface area contributed by atoms with Crippen LogP contribution in [0.25, 0.3) is 0 Å². The highest BCUT2D eigenvalue weighted by atomic mass is 32.2. The van der Waals surface area contributed by atoms with E-state index in [1.54, 1.807) is 19.1 Å². The number of sulfonamides is 1. The van der Waals surface area contributed by atoms with Gasteiger partial charge in [0, 0.05) is 19.6 Å². The number of amides is 1. The quantitative estimate of drug-likeness (QED) is 0.745. The van der Waals surface area contributed by atoms with E-state index in [2.05, 4.69) is 5.32 Å². The van der Waals surface area contributed by atoms with Crippen molar-refractivity contribution < 1.29 is 22.7 Å². The SMILES string of the molecule is CC(Oc1ccc(S(=O)(=O)N2CCOCC2)cc1)C(=O)NCC1CCCCC1. The van der Waals surface area contributed by atoms with Gasteiger partial charge in [-0.1, -0.05) is 19.3 Å². The van der Waals surface area contributed by atoms with E-state index >= 15 is 0 Å². The first-order chi connectivity index (χ1) is 13.5. The maximum Gasteiger partial charge on any atom is 0.260 e. The van der Waals surface area contributed by atoms with Crippen LogP contribution in [0.3, 0.4) is 0 Å². The molecule has 0 bridgehead atoms. The normalized spacial score (nSPS) is 20.5. The molecule has 1 heterocycles. The van der Waals surface area contributed by atoms with Gasteiger partial charge >= 0.3 is 0 Å². The second-order valence-electron chi connectivity index (χ2n) is 7.50. The summed E-state index contributed by atoms with van der Waals surface area (Å²) in [5, 5.41) is 2.97. The molecule has 1 aromatic carbocycles. The van der Waals surface area contributed by atoms with E-state index in [0.29, 0.717) is 44.5 Å². The molecular weight excluding hydrogens is 380 g/mol. The molecule has 8 heteroatoms. The summed E-state index contributed by atoms with van der Waals surface area (Å²) in [7, 11) is -3.53. The molecule has 0 radical (unpaired) electrons. The van der Waals surface area contributed by atoms with Gasteiger partial charge in [0.25, 0.3) is 5.91 Å². The smallest absolute Gasteiger partial charge is 0.260 e. The topological polar surface area (TPSA) is 84.9 Å². The Kier molecular flexibility index (Phi) is 7.31. The third-order valence-corrected chi connectivity index (χ3v) is 7.32. The molecule has 28 heavy (non-hydrogen) atoms. The van der Waals surface area contributed by atoms with E-state index < -0.39 is 16.1 Å². The van der Waals surface area contributed by atoms with Gasteiger partial charge in [-0.3, -0.25) is 4.79 Å². The number of benzene rings is 1. The highest BCUT2D eigenvalue weighted by Crippen LogP contribution is 2.23. The third-order valence-electron chi connectivity index (χ3n) is 5.40. The fourth-order valence-electron chi connectivity index (χ4n) is 3.66. The maximum absolute atomic E-state index is 12.6. The fourth-order valence-corrected chi connectivity index (χ4v) is 5.07. The first-order valence-electron chi connectivity index (χ1n) is 10.1. The van der Waals surface area contributed by atoms with Gasteiger partial charge in [0.15, 0.2) is 6.10 Å². The molecule has 2 fully saturated rings. The van der Waals surface area contributed by atoms with Crippen LogP contribution in [-0.2, 0) is 19.6 Å². The van der Waals surface area contributed by atoms with Crippen LogP contribution in [0.15, 0.2) is 29.2 Å². The van der Waals surface area contributed by atoms with E-state index in [0.717, 1.165) is 0 Å². The summed E-state index contributed by atoms with van der Waals surface area (Å²) >= 11 is 0. The van der Waals surface area contributed by atoms with Crippen molar-refractivity contribution in [2.75, 3.05) is 32.8 Å². The second-order valence-corrected chi connectivity index (χ2v) is 9.44. The molecule has 0 spiro atoms. The summed E-state index contributed by atoms with van der Waals surface area (Å²) in [6.45, 7) is 3.94. The van der Waals surface area contributed by atoms with Crippen LogP contribution < -0.4 is 10.1 Å². The monoisotopic (exact) mass is 410 g/mol. The number of ether oxygens (including phenoxy) is 2. The molecule has 1 aromatic rings. The van der Waals surface area contributed by atoms with Gasteiger partial charge in [0.1, 0.15) is 5.75 Å². The number of carbonyl (C=O) groups excluding carboxylic acids is 1. The van der Waals surface area contributed by atoms with Crippen molar-refractivity contribution in [2.45, 2.75) is 50.0 Å². The molecule has 1 aliphatic carbocycles. The summed E-state index contributed by atoms with van der Waals surface area (Å²) in [6.07, 6.45) is 5.49. The lowest BCUT2D eigenvalue weighted by Gasteiger charge is -2.26. The van der Waals surface area contributed by atoms with Crippen molar-refractivity contribution in [3.63, 3.8) is 0 Å². The van der Waals surface area contributed by atoms with Crippen molar-refractivity contribution in [3.8, 4) is 5.75 Å². The fraction of sp³-hybridized carbons (Fsp3) is 0.650. The minimum Gasteiger partial charge on any atom is -0.481 e. The van der Waals surface area contributed by atoms with Gasteiger partial charge in [0.05, 0.1) is 18.1 Å². The predicted molar refractivity (Wildman–Crippen MR) is 106 cm³/mol. The van der Waals surface area contributed by atoms with Gasteiger partial charge in [-0.15, -0.1) is 0 Å². The van der Waals surface area contributed by atoms with Gasteiger partial charge in [-0.05, 0) is 49.9 Å². The Morgan fingerprint density at radius 1 is 1.18 bits per heavy atom. The number of carbonyl (C=O) groups is 1. The Morgan fingerprint density at radius 2 is 1.82 bits per heavy atom. The van der Waals surface area contributed by atoms with Crippen LogP contribution in [0.4, 0.5) is 0 Å². The second kappa shape index (κ2) is 9.71. The minimum absolute atomic E-state index is 0.143.